The first-order chi connectivity index (χ1) is 8.79. The summed E-state index contributed by atoms with van der Waals surface area (Å²) in [7, 11) is 0. The maximum absolute atomic E-state index is 13.0. The third-order valence-corrected chi connectivity index (χ3v) is 2.58. The zero-order valence-corrected chi connectivity index (χ0v) is 10.7. The molecule has 0 aromatic heterocycles. The molecule has 19 heavy (non-hydrogen) atoms. The molecule has 1 rings (SSSR count). The number of amides is 2. The Balaban J connectivity index is 2.71. The lowest BCUT2D eigenvalue weighted by Crippen LogP contribution is -2.48. The predicted octanol–water partition coefficient (Wildman–Crippen LogP) is 1.13. The lowest BCUT2D eigenvalue weighted by atomic mass is 10.0. The fraction of sp³-hybridized carbons (Fsp3) is 0.385. The van der Waals surface area contributed by atoms with Crippen LogP contribution in [-0.2, 0) is 16.0 Å². The predicted molar refractivity (Wildman–Crippen MR) is 66.0 cm³/mol. The van der Waals surface area contributed by atoms with Gasteiger partial charge in [0.15, 0.2) is 0 Å². The van der Waals surface area contributed by atoms with Crippen LogP contribution in [0.15, 0.2) is 18.2 Å². The highest BCUT2D eigenvalue weighted by molar-refractivity contribution is 5.87. The van der Waals surface area contributed by atoms with Gasteiger partial charge in [-0.3, -0.25) is 9.59 Å². The van der Waals surface area contributed by atoms with Crippen molar-refractivity contribution in [2.75, 3.05) is 0 Å². The smallest absolute Gasteiger partial charge is 0.240 e. The number of hydrogen-bond donors (Lipinski definition) is 2. The molecule has 0 aliphatic carbocycles. The molecular weight excluding hydrogens is 254 g/mol. The van der Waals surface area contributed by atoms with Crippen molar-refractivity contribution in [2.45, 2.75) is 26.3 Å². The number of halogens is 2. The quantitative estimate of drug-likeness (QED) is 0.842. The van der Waals surface area contributed by atoms with Crippen LogP contribution < -0.4 is 11.1 Å². The molecule has 1 atom stereocenters. The molecule has 0 radical (unpaired) electrons. The minimum absolute atomic E-state index is 0.161. The standard InChI is InChI=1S/C13H16F2N2O2/c1-7(2)12(13(16)19)17-11(18)5-8-3-9(14)6-10(15)4-8/h3-4,6-7,12H,5H2,1-2H3,(H2,16,19)(H,17,18)/t12-/m0/s1. The average molecular weight is 270 g/mol. The van der Waals surface area contributed by atoms with Gasteiger partial charge in [-0.05, 0) is 23.6 Å². The maximum atomic E-state index is 13.0. The maximum Gasteiger partial charge on any atom is 0.240 e. The number of nitrogens with one attached hydrogen (secondary N) is 1. The van der Waals surface area contributed by atoms with E-state index in [0.717, 1.165) is 18.2 Å². The van der Waals surface area contributed by atoms with Crippen LogP contribution in [0.5, 0.6) is 0 Å². The summed E-state index contributed by atoms with van der Waals surface area (Å²) < 4.78 is 25.9. The molecule has 6 heteroatoms. The average Bonchev–Trinajstić information content (AvgIpc) is 2.23. The number of carbonyl (C=O) groups is 2. The van der Waals surface area contributed by atoms with E-state index in [1.807, 2.05) is 0 Å². The van der Waals surface area contributed by atoms with Gasteiger partial charge in [0.05, 0.1) is 6.42 Å². The molecular formula is C13H16F2N2O2. The van der Waals surface area contributed by atoms with Crippen LogP contribution in [0.1, 0.15) is 19.4 Å². The highest BCUT2D eigenvalue weighted by Gasteiger charge is 2.21. The summed E-state index contributed by atoms with van der Waals surface area (Å²) in [5.41, 5.74) is 5.35. The summed E-state index contributed by atoms with van der Waals surface area (Å²) in [6.45, 7) is 3.47. The fourth-order valence-electron chi connectivity index (χ4n) is 1.69. The number of benzene rings is 1. The summed E-state index contributed by atoms with van der Waals surface area (Å²) in [4.78, 5) is 22.8. The van der Waals surface area contributed by atoms with Crippen LogP contribution >= 0.6 is 0 Å². The first kappa shape index (κ1) is 15.1. The van der Waals surface area contributed by atoms with E-state index < -0.39 is 29.5 Å². The van der Waals surface area contributed by atoms with Gasteiger partial charge in [-0.15, -0.1) is 0 Å². The van der Waals surface area contributed by atoms with Gasteiger partial charge in [0.2, 0.25) is 11.8 Å². The molecule has 0 aliphatic heterocycles. The van der Waals surface area contributed by atoms with Gasteiger partial charge in [0, 0.05) is 6.07 Å². The molecule has 0 unspecified atom stereocenters. The van der Waals surface area contributed by atoms with Crippen molar-refractivity contribution in [1.29, 1.82) is 0 Å². The third kappa shape index (κ3) is 4.65. The van der Waals surface area contributed by atoms with Crippen molar-refractivity contribution >= 4 is 11.8 Å². The molecule has 104 valence electrons. The molecule has 0 bridgehead atoms. The molecule has 0 aliphatic rings. The van der Waals surface area contributed by atoms with Crippen LogP contribution in [0.25, 0.3) is 0 Å². The van der Waals surface area contributed by atoms with Gasteiger partial charge in [-0.2, -0.15) is 0 Å². The van der Waals surface area contributed by atoms with Crippen LogP contribution in [0.3, 0.4) is 0 Å². The summed E-state index contributed by atoms with van der Waals surface area (Å²) in [6.07, 6.45) is -0.217. The molecule has 0 heterocycles. The zero-order valence-electron chi connectivity index (χ0n) is 10.7. The Morgan fingerprint density at radius 2 is 1.74 bits per heavy atom. The van der Waals surface area contributed by atoms with Gasteiger partial charge in [-0.25, -0.2) is 8.78 Å². The third-order valence-electron chi connectivity index (χ3n) is 2.58. The van der Waals surface area contributed by atoms with Crippen LogP contribution in [0.4, 0.5) is 8.78 Å². The van der Waals surface area contributed by atoms with E-state index in [-0.39, 0.29) is 17.9 Å². The van der Waals surface area contributed by atoms with Gasteiger partial charge < -0.3 is 11.1 Å². The van der Waals surface area contributed by atoms with Crippen molar-refractivity contribution in [3.63, 3.8) is 0 Å². The summed E-state index contributed by atoms with van der Waals surface area (Å²) in [5, 5.41) is 2.44. The van der Waals surface area contributed by atoms with Crippen LogP contribution in [-0.4, -0.2) is 17.9 Å². The van der Waals surface area contributed by atoms with Crippen LogP contribution in [0.2, 0.25) is 0 Å². The second-order valence-electron chi connectivity index (χ2n) is 4.65. The number of carbonyl (C=O) groups excluding carboxylic acids is 2. The summed E-state index contributed by atoms with van der Waals surface area (Å²) in [5.74, 6) is -2.82. The second-order valence-corrected chi connectivity index (χ2v) is 4.65. The molecule has 3 N–H and O–H groups in total. The number of nitrogens with two attached hydrogens (primary N) is 1. The topological polar surface area (TPSA) is 72.2 Å². The molecule has 4 nitrogen and oxygen atoms in total. The highest BCUT2D eigenvalue weighted by Crippen LogP contribution is 2.09. The van der Waals surface area contributed by atoms with E-state index in [4.69, 9.17) is 5.73 Å². The monoisotopic (exact) mass is 270 g/mol. The van der Waals surface area contributed by atoms with E-state index in [0.29, 0.717) is 0 Å². The Morgan fingerprint density at radius 1 is 1.21 bits per heavy atom. The van der Waals surface area contributed by atoms with Crippen molar-refractivity contribution in [3.8, 4) is 0 Å². The van der Waals surface area contributed by atoms with Crippen LogP contribution in [0, 0.1) is 17.6 Å². The van der Waals surface area contributed by atoms with E-state index in [1.54, 1.807) is 13.8 Å². The van der Waals surface area contributed by atoms with Gasteiger partial charge in [0.1, 0.15) is 17.7 Å². The molecule has 0 saturated heterocycles. The number of primary amides is 1. The minimum atomic E-state index is -0.800. The lowest BCUT2D eigenvalue weighted by molar-refractivity contribution is -0.127. The first-order valence-electron chi connectivity index (χ1n) is 5.83. The van der Waals surface area contributed by atoms with E-state index >= 15 is 0 Å². The van der Waals surface area contributed by atoms with Crippen molar-refractivity contribution in [2.24, 2.45) is 11.7 Å². The zero-order chi connectivity index (χ0) is 14.6. The Labute approximate surface area is 110 Å². The fourth-order valence-corrected chi connectivity index (χ4v) is 1.69. The molecule has 1 aromatic carbocycles. The molecule has 1 aromatic rings. The van der Waals surface area contributed by atoms with E-state index in [2.05, 4.69) is 5.32 Å². The molecule has 2 amide bonds. The van der Waals surface area contributed by atoms with Gasteiger partial charge >= 0.3 is 0 Å². The second kappa shape index (κ2) is 6.26. The molecule has 0 fully saturated rings. The largest absolute Gasteiger partial charge is 0.368 e. The Morgan fingerprint density at radius 3 is 2.16 bits per heavy atom. The highest BCUT2D eigenvalue weighted by atomic mass is 19.1. The number of hydrogen-bond acceptors (Lipinski definition) is 2. The van der Waals surface area contributed by atoms with Crippen molar-refractivity contribution < 1.29 is 18.4 Å². The van der Waals surface area contributed by atoms with Crippen molar-refractivity contribution in [3.05, 3.63) is 35.4 Å². The molecule has 0 saturated carbocycles. The van der Waals surface area contributed by atoms with E-state index in [9.17, 15) is 18.4 Å². The normalized spacial score (nSPS) is 12.3. The summed E-state index contributed by atoms with van der Waals surface area (Å²) in [6, 6.07) is 2.06. The molecule has 0 spiro atoms. The number of rotatable bonds is 5. The SMILES string of the molecule is CC(C)[C@H](NC(=O)Cc1cc(F)cc(F)c1)C(N)=O. The Bertz CT molecular complexity index is 469. The van der Waals surface area contributed by atoms with E-state index in [1.165, 1.54) is 0 Å². The minimum Gasteiger partial charge on any atom is -0.368 e. The first-order valence-corrected chi connectivity index (χ1v) is 5.83. The lowest BCUT2D eigenvalue weighted by Gasteiger charge is -2.18. The van der Waals surface area contributed by atoms with Gasteiger partial charge in [0.25, 0.3) is 0 Å². The summed E-state index contributed by atoms with van der Waals surface area (Å²) >= 11 is 0. The van der Waals surface area contributed by atoms with Gasteiger partial charge in [-0.1, -0.05) is 13.8 Å². The van der Waals surface area contributed by atoms with Crippen molar-refractivity contribution in [1.82, 2.24) is 5.32 Å². The Hall–Kier alpha value is -1.98. The Kier molecular flexibility index (Phi) is 4.97.